The molecular formula is C39H40N2O8S2. The van der Waals surface area contributed by atoms with Crippen molar-refractivity contribution in [2.75, 3.05) is 23.0 Å². The fraction of sp³-hybridized carbons (Fsp3) is 0.256. The minimum absolute atomic E-state index is 0.224. The van der Waals surface area contributed by atoms with E-state index in [0.29, 0.717) is 55.5 Å². The van der Waals surface area contributed by atoms with E-state index >= 15 is 0 Å². The van der Waals surface area contributed by atoms with Gasteiger partial charge in [0.2, 0.25) is 11.5 Å². The summed E-state index contributed by atoms with van der Waals surface area (Å²) in [5.74, 6) is 1.05. The number of benzene rings is 4. The number of anilines is 1. The molecule has 0 bridgehead atoms. The third-order valence-electron chi connectivity index (χ3n) is 8.76. The Morgan fingerprint density at radius 1 is 0.804 bits per heavy atom. The van der Waals surface area contributed by atoms with Crippen LogP contribution in [0.2, 0.25) is 0 Å². The van der Waals surface area contributed by atoms with Gasteiger partial charge >= 0.3 is 5.89 Å². The van der Waals surface area contributed by atoms with Gasteiger partial charge in [-0.1, -0.05) is 79.7 Å². The molecule has 0 saturated heterocycles. The molecule has 0 saturated carbocycles. The number of rotatable bonds is 15. The van der Waals surface area contributed by atoms with E-state index in [1.807, 2.05) is 113 Å². The fourth-order valence-corrected chi connectivity index (χ4v) is 7.29. The molecule has 12 heteroatoms. The highest BCUT2D eigenvalue weighted by Gasteiger charge is 2.28. The van der Waals surface area contributed by atoms with E-state index in [9.17, 15) is 25.9 Å². The van der Waals surface area contributed by atoms with E-state index in [1.165, 1.54) is 0 Å². The van der Waals surface area contributed by atoms with E-state index in [4.69, 9.17) is 9.15 Å². The van der Waals surface area contributed by atoms with E-state index in [2.05, 4.69) is 12.1 Å². The first-order chi connectivity index (χ1) is 24.5. The van der Waals surface area contributed by atoms with Crippen LogP contribution in [0.25, 0.3) is 39.4 Å². The fourth-order valence-electron chi connectivity index (χ4n) is 6.16. The van der Waals surface area contributed by atoms with Crippen LogP contribution in [-0.4, -0.2) is 44.0 Å². The number of fused-ring (bicyclic) bond motifs is 2. The summed E-state index contributed by atoms with van der Waals surface area (Å²) in [5, 5.41) is 0. The van der Waals surface area contributed by atoms with Crippen molar-refractivity contribution in [1.29, 1.82) is 0 Å². The van der Waals surface area contributed by atoms with Gasteiger partial charge in [-0.25, -0.2) is 8.42 Å². The smallest absolute Gasteiger partial charge is 0.374 e. The molecule has 0 amide bonds. The minimum Gasteiger partial charge on any atom is -0.748 e. The molecule has 0 unspecified atom stereocenters. The van der Waals surface area contributed by atoms with Gasteiger partial charge in [0.25, 0.3) is 15.6 Å². The van der Waals surface area contributed by atoms with E-state index in [0.717, 1.165) is 39.0 Å². The molecule has 10 nitrogen and oxygen atoms in total. The lowest BCUT2D eigenvalue weighted by molar-refractivity contribution is -0.678. The summed E-state index contributed by atoms with van der Waals surface area (Å²) in [7, 11) is -8.40. The van der Waals surface area contributed by atoms with Crippen LogP contribution in [0, 0.1) is 0 Å². The monoisotopic (exact) mass is 728 g/mol. The number of aromatic nitrogens is 1. The standard InChI is InChI=1S/C39H40N2O8S2/c1-2-29(25-38-40(21-9-11-23-50(42,43)44)34-27-32(17-19-36(34)48-38)30-13-5-3-6-14-30)26-39-41(22-10-12-24-51(45,46)47)35-28-33(18-20-37(35)49-39)31-15-7-4-8-16-31/h3-8,13-20,25-28H,2,9-12,21-24H2,1H3,(H-,42,43,44,45,46,47). The van der Waals surface area contributed by atoms with Crippen LogP contribution < -0.4 is 14.2 Å². The Bertz CT molecular complexity index is 2280. The van der Waals surface area contributed by atoms with Gasteiger partial charge < -0.3 is 18.6 Å². The summed E-state index contributed by atoms with van der Waals surface area (Å²) >= 11 is 0. The maximum absolute atomic E-state index is 11.4. The van der Waals surface area contributed by atoms with E-state index < -0.39 is 26.0 Å². The maximum Gasteiger partial charge on any atom is 0.374 e. The summed E-state index contributed by atoms with van der Waals surface area (Å²) < 4.78 is 80.8. The van der Waals surface area contributed by atoms with Crippen molar-refractivity contribution in [3.05, 3.63) is 120 Å². The number of aryl methyl sites for hydroxylation is 1. The highest BCUT2D eigenvalue weighted by Crippen LogP contribution is 2.42. The molecule has 266 valence electrons. The molecular weight excluding hydrogens is 689 g/mol. The second kappa shape index (κ2) is 15.6. The lowest BCUT2D eigenvalue weighted by Crippen LogP contribution is -2.35. The Kier molecular flexibility index (Phi) is 11.1. The first-order valence-electron chi connectivity index (χ1n) is 16.9. The largest absolute Gasteiger partial charge is 0.748 e. The normalized spacial score (nSPS) is 14.3. The number of oxazole rings is 1. The van der Waals surface area contributed by atoms with Gasteiger partial charge in [0.1, 0.15) is 0 Å². The number of hydrogen-bond acceptors (Lipinski definition) is 8. The van der Waals surface area contributed by atoms with Crippen molar-refractivity contribution in [1.82, 2.24) is 0 Å². The van der Waals surface area contributed by atoms with Crippen LogP contribution >= 0.6 is 0 Å². The zero-order valence-electron chi connectivity index (χ0n) is 28.3. The van der Waals surface area contributed by atoms with Gasteiger partial charge in [0.15, 0.2) is 12.3 Å². The number of hydrogen-bond donors (Lipinski definition) is 1. The molecule has 1 aliphatic heterocycles. The summed E-state index contributed by atoms with van der Waals surface area (Å²) in [6.45, 7) is 2.91. The van der Waals surface area contributed by atoms with Gasteiger partial charge in [-0.2, -0.15) is 13.0 Å². The van der Waals surface area contributed by atoms with Gasteiger partial charge in [-0.3, -0.25) is 4.55 Å². The number of unbranched alkanes of at least 4 members (excludes halogenated alkanes) is 2. The predicted octanol–water partition coefficient (Wildman–Crippen LogP) is 7.58. The third kappa shape index (κ3) is 9.33. The Labute approximate surface area is 298 Å². The number of allylic oxidation sites excluding steroid dienone is 2. The molecule has 51 heavy (non-hydrogen) atoms. The zero-order chi connectivity index (χ0) is 36.0. The van der Waals surface area contributed by atoms with Crippen LogP contribution in [0.1, 0.15) is 44.9 Å². The number of ether oxygens (including phenoxy) is 1. The van der Waals surface area contributed by atoms with Crippen LogP contribution in [0.15, 0.2) is 119 Å². The molecule has 1 aliphatic rings. The van der Waals surface area contributed by atoms with Crippen molar-refractivity contribution in [3.63, 3.8) is 0 Å². The second-order valence-electron chi connectivity index (χ2n) is 12.5. The lowest BCUT2D eigenvalue weighted by atomic mass is 10.0. The molecule has 4 aromatic carbocycles. The zero-order valence-corrected chi connectivity index (χ0v) is 29.9. The van der Waals surface area contributed by atoms with Crippen molar-refractivity contribution in [3.8, 4) is 28.0 Å². The quantitative estimate of drug-likeness (QED) is 0.0656. The van der Waals surface area contributed by atoms with E-state index in [1.54, 1.807) is 0 Å². The second-order valence-corrected chi connectivity index (χ2v) is 15.6. The van der Waals surface area contributed by atoms with Crippen molar-refractivity contribution in [2.45, 2.75) is 45.6 Å². The average Bonchev–Trinajstić information content (AvgIpc) is 3.63. The molecule has 0 fully saturated rings. The number of nitrogens with zero attached hydrogens (tertiary/aromatic N) is 2. The molecule has 0 aliphatic carbocycles. The molecule has 6 rings (SSSR count). The molecule has 0 spiro atoms. The Hall–Kier alpha value is -4.75. The average molecular weight is 729 g/mol. The van der Waals surface area contributed by atoms with Gasteiger partial charge in [0.05, 0.1) is 27.6 Å². The van der Waals surface area contributed by atoms with Gasteiger partial charge in [-0.05, 0) is 71.7 Å². The first kappa shape index (κ1) is 36.1. The summed E-state index contributed by atoms with van der Waals surface area (Å²) in [4.78, 5) is 2.01. The Morgan fingerprint density at radius 3 is 2.10 bits per heavy atom. The minimum atomic E-state index is -4.32. The van der Waals surface area contributed by atoms with Crippen molar-refractivity contribution < 1.29 is 39.7 Å². The topological polar surface area (TPSA) is 141 Å². The van der Waals surface area contributed by atoms with Crippen molar-refractivity contribution in [2.24, 2.45) is 0 Å². The van der Waals surface area contributed by atoms with Crippen LogP contribution in [0.3, 0.4) is 0 Å². The predicted molar refractivity (Wildman–Crippen MR) is 197 cm³/mol. The molecule has 1 N–H and O–H groups in total. The summed E-state index contributed by atoms with van der Waals surface area (Å²) in [5.41, 5.74) is 7.37. The van der Waals surface area contributed by atoms with Crippen molar-refractivity contribution >= 4 is 43.1 Å². The lowest BCUT2D eigenvalue weighted by Gasteiger charge is -2.19. The molecule has 0 radical (unpaired) electrons. The van der Waals surface area contributed by atoms with Gasteiger partial charge in [0, 0.05) is 30.9 Å². The molecule has 1 aromatic heterocycles. The van der Waals surface area contributed by atoms with Crippen LogP contribution in [-0.2, 0) is 26.8 Å². The summed E-state index contributed by atoms with van der Waals surface area (Å²) in [6, 6.07) is 31.9. The highest BCUT2D eigenvalue weighted by molar-refractivity contribution is 7.85. The van der Waals surface area contributed by atoms with Crippen LogP contribution in [0.4, 0.5) is 5.69 Å². The molecule has 5 aromatic rings. The third-order valence-corrected chi connectivity index (χ3v) is 10.4. The maximum atomic E-state index is 11.4. The molecule has 0 atom stereocenters. The first-order valence-corrected chi connectivity index (χ1v) is 20.1. The Balaban J connectivity index is 1.36. The van der Waals surface area contributed by atoms with Gasteiger partial charge in [-0.15, -0.1) is 0 Å². The summed E-state index contributed by atoms with van der Waals surface area (Å²) in [6.07, 6.45) is 5.97. The molecule has 2 heterocycles. The van der Waals surface area contributed by atoms with E-state index in [-0.39, 0.29) is 18.6 Å². The SMILES string of the molecule is CCC(=Cc1oc2ccc(-c3ccccc3)cc2[n+]1CCCCS(=O)(=O)O)C=C1Oc2ccc(-c3ccccc3)cc2N1CCCCS(=O)(=O)[O-]. The van der Waals surface area contributed by atoms with Crippen LogP contribution in [0.5, 0.6) is 5.75 Å². The Morgan fingerprint density at radius 2 is 1.45 bits per heavy atom. The highest BCUT2D eigenvalue weighted by atomic mass is 32.2.